The van der Waals surface area contributed by atoms with Gasteiger partial charge in [0.25, 0.3) is 0 Å². The molecule has 0 saturated heterocycles. The quantitative estimate of drug-likeness (QED) is 0.625. The molecule has 0 amide bonds. The highest BCUT2D eigenvalue weighted by atomic mass is 32.2. The van der Waals surface area contributed by atoms with E-state index in [0.717, 1.165) is 19.4 Å². The highest BCUT2D eigenvalue weighted by Crippen LogP contribution is 2.11. The van der Waals surface area contributed by atoms with E-state index in [9.17, 15) is 18.0 Å². The van der Waals surface area contributed by atoms with Gasteiger partial charge in [-0.1, -0.05) is 0 Å². The van der Waals surface area contributed by atoms with E-state index in [1.54, 1.807) is 0 Å². The molecule has 1 aromatic rings. The van der Waals surface area contributed by atoms with Gasteiger partial charge < -0.3 is 14.8 Å². The molecule has 0 aliphatic carbocycles. The maximum absolute atomic E-state index is 11.7. The van der Waals surface area contributed by atoms with Crippen LogP contribution in [0.2, 0.25) is 0 Å². The van der Waals surface area contributed by atoms with Gasteiger partial charge in [0, 0.05) is 6.20 Å². The summed E-state index contributed by atoms with van der Waals surface area (Å²) in [5.41, 5.74) is -0.0409. The van der Waals surface area contributed by atoms with Gasteiger partial charge in [-0.05, 0) is 13.0 Å². The van der Waals surface area contributed by atoms with Crippen molar-refractivity contribution < 1.29 is 27.9 Å². The minimum absolute atomic E-state index is 0.0409. The number of hydrogen-bond acceptors (Lipinski definition) is 5. The fraction of sp³-hybridized carbons (Fsp3) is 0.333. The molecule has 0 saturated carbocycles. The first kappa shape index (κ1) is 14.2. The predicted molar refractivity (Wildman–Crippen MR) is 59.6 cm³/mol. The summed E-state index contributed by atoms with van der Waals surface area (Å²) in [6.45, 7) is 1.19. The third-order valence-corrected chi connectivity index (χ3v) is 3.59. The van der Waals surface area contributed by atoms with Crippen LogP contribution in [-0.4, -0.2) is 43.6 Å². The van der Waals surface area contributed by atoms with Crippen molar-refractivity contribution in [2.75, 3.05) is 7.11 Å². The van der Waals surface area contributed by atoms with Crippen molar-refractivity contribution in [3.05, 3.63) is 18.0 Å². The van der Waals surface area contributed by atoms with Crippen LogP contribution >= 0.6 is 0 Å². The van der Waals surface area contributed by atoms with Crippen LogP contribution in [0.25, 0.3) is 0 Å². The second kappa shape index (κ2) is 5.19. The summed E-state index contributed by atoms with van der Waals surface area (Å²) in [6.07, 6.45) is 1.07. The molecule has 8 nitrogen and oxygen atoms in total. The van der Waals surface area contributed by atoms with E-state index >= 15 is 0 Å². The number of carbonyl (C=O) groups is 2. The molecule has 0 aliphatic rings. The Morgan fingerprint density at radius 1 is 1.50 bits per heavy atom. The third kappa shape index (κ3) is 3.08. The van der Waals surface area contributed by atoms with Crippen LogP contribution in [0.1, 0.15) is 17.4 Å². The van der Waals surface area contributed by atoms with Crippen LogP contribution in [0.4, 0.5) is 0 Å². The average Bonchev–Trinajstić information content (AvgIpc) is 2.77. The number of rotatable bonds is 5. The van der Waals surface area contributed by atoms with E-state index in [0.29, 0.717) is 0 Å². The Morgan fingerprint density at radius 3 is 2.61 bits per heavy atom. The first-order valence-electron chi connectivity index (χ1n) is 4.80. The van der Waals surface area contributed by atoms with Crippen molar-refractivity contribution in [2.45, 2.75) is 17.9 Å². The molecular formula is C9H12N2O6S. The zero-order valence-corrected chi connectivity index (χ0v) is 10.4. The van der Waals surface area contributed by atoms with Gasteiger partial charge in [-0.25, -0.2) is 13.2 Å². The van der Waals surface area contributed by atoms with Gasteiger partial charge in [-0.3, -0.25) is 4.79 Å². The third-order valence-electron chi connectivity index (χ3n) is 2.07. The van der Waals surface area contributed by atoms with Crippen LogP contribution in [-0.2, 0) is 19.6 Å². The molecule has 1 aromatic heterocycles. The molecule has 18 heavy (non-hydrogen) atoms. The first-order chi connectivity index (χ1) is 8.27. The minimum atomic E-state index is -4.00. The number of methoxy groups -OCH3 is 1. The van der Waals surface area contributed by atoms with Crippen LogP contribution in [0.15, 0.2) is 17.2 Å². The summed E-state index contributed by atoms with van der Waals surface area (Å²) in [7, 11) is -2.84. The molecule has 9 heteroatoms. The van der Waals surface area contributed by atoms with Gasteiger partial charge in [0.05, 0.1) is 7.11 Å². The van der Waals surface area contributed by atoms with Crippen molar-refractivity contribution >= 4 is 22.0 Å². The van der Waals surface area contributed by atoms with Crippen molar-refractivity contribution in [3.63, 3.8) is 0 Å². The van der Waals surface area contributed by atoms with Crippen LogP contribution in [0.3, 0.4) is 0 Å². The monoisotopic (exact) mass is 276 g/mol. The second-order valence-electron chi connectivity index (χ2n) is 3.42. The largest absolute Gasteiger partial charge is 0.480 e. The molecule has 1 rings (SSSR count). The molecule has 0 fully saturated rings. The highest BCUT2D eigenvalue weighted by molar-refractivity contribution is 7.89. The van der Waals surface area contributed by atoms with Gasteiger partial charge in [0.15, 0.2) is 0 Å². The smallest absolute Gasteiger partial charge is 0.354 e. The van der Waals surface area contributed by atoms with Crippen molar-refractivity contribution in [1.29, 1.82) is 0 Å². The van der Waals surface area contributed by atoms with E-state index in [4.69, 9.17) is 5.11 Å². The summed E-state index contributed by atoms with van der Waals surface area (Å²) >= 11 is 0. The molecule has 0 unspecified atom stereocenters. The zero-order valence-electron chi connectivity index (χ0n) is 9.63. The lowest BCUT2D eigenvalue weighted by Gasteiger charge is -2.08. The lowest BCUT2D eigenvalue weighted by molar-refractivity contribution is -0.138. The highest BCUT2D eigenvalue weighted by Gasteiger charge is 2.23. The number of aliphatic carboxylic acids is 1. The number of carboxylic acids is 1. The van der Waals surface area contributed by atoms with Crippen LogP contribution < -0.4 is 4.72 Å². The summed E-state index contributed by atoms with van der Waals surface area (Å²) in [5, 5.41) is 8.61. The van der Waals surface area contributed by atoms with Gasteiger partial charge in [0.1, 0.15) is 16.6 Å². The fourth-order valence-corrected chi connectivity index (χ4v) is 2.30. The van der Waals surface area contributed by atoms with Crippen LogP contribution in [0.5, 0.6) is 0 Å². The number of esters is 1. The van der Waals surface area contributed by atoms with Gasteiger partial charge >= 0.3 is 11.9 Å². The standard InChI is InChI=1S/C9H12N2O6S/c1-5(8(12)13)11-18(15,16)6-3-7(10-4-6)9(14)17-2/h3-5,10-11H,1-2H3,(H,12,13)/t5-/m1/s1. The van der Waals surface area contributed by atoms with Gasteiger partial charge in [0.2, 0.25) is 10.0 Å². The Kier molecular flexibility index (Phi) is 4.09. The molecule has 100 valence electrons. The maximum Gasteiger partial charge on any atom is 0.354 e. The molecule has 1 atom stereocenters. The Labute approximate surface area is 103 Å². The topological polar surface area (TPSA) is 126 Å². The number of H-pyrrole nitrogens is 1. The summed E-state index contributed by atoms with van der Waals surface area (Å²) in [4.78, 5) is 23.9. The lowest BCUT2D eigenvalue weighted by atomic mass is 10.4. The van der Waals surface area contributed by atoms with E-state index < -0.39 is 28.0 Å². The number of sulfonamides is 1. The van der Waals surface area contributed by atoms with Crippen molar-refractivity contribution in [1.82, 2.24) is 9.71 Å². The first-order valence-corrected chi connectivity index (χ1v) is 6.28. The number of aromatic nitrogens is 1. The molecule has 1 heterocycles. The van der Waals surface area contributed by atoms with Crippen LogP contribution in [0, 0.1) is 0 Å². The number of ether oxygens (including phenoxy) is 1. The Morgan fingerprint density at radius 2 is 2.11 bits per heavy atom. The summed E-state index contributed by atoms with van der Waals surface area (Å²) < 4.78 is 29.8. The SMILES string of the molecule is COC(=O)c1cc(S(=O)(=O)N[C@H](C)C(=O)O)c[nH]1. The normalized spacial score (nSPS) is 13.0. The molecule has 0 aromatic carbocycles. The number of aromatic amines is 1. The molecule has 0 spiro atoms. The van der Waals surface area contributed by atoms with E-state index in [1.807, 2.05) is 4.72 Å². The molecule has 3 N–H and O–H groups in total. The molecule has 0 radical (unpaired) electrons. The number of carbonyl (C=O) groups excluding carboxylic acids is 1. The second-order valence-corrected chi connectivity index (χ2v) is 5.14. The van der Waals surface area contributed by atoms with Crippen molar-refractivity contribution in [3.8, 4) is 0 Å². The molecule has 0 bridgehead atoms. The maximum atomic E-state index is 11.7. The number of hydrogen-bond donors (Lipinski definition) is 3. The Balaban J connectivity index is 2.96. The molecular weight excluding hydrogens is 264 g/mol. The Hall–Kier alpha value is -1.87. The predicted octanol–water partition coefficient (Wildman–Crippen LogP) is -0.447. The van der Waals surface area contributed by atoms with Gasteiger partial charge in [-0.15, -0.1) is 0 Å². The average molecular weight is 276 g/mol. The van der Waals surface area contributed by atoms with E-state index in [1.165, 1.54) is 6.92 Å². The fourth-order valence-electron chi connectivity index (χ4n) is 1.11. The lowest BCUT2D eigenvalue weighted by Crippen LogP contribution is -2.38. The van der Waals surface area contributed by atoms with E-state index in [2.05, 4.69) is 9.72 Å². The molecule has 0 aliphatic heterocycles. The zero-order chi connectivity index (χ0) is 13.9. The number of carboxylic acid groups (broad SMARTS) is 1. The van der Waals surface area contributed by atoms with E-state index in [-0.39, 0.29) is 10.6 Å². The minimum Gasteiger partial charge on any atom is -0.480 e. The summed E-state index contributed by atoms with van der Waals surface area (Å²) in [6, 6.07) is -0.214. The summed E-state index contributed by atoms with van der Waals surface area (Å²) in [5.74, 6) is -2.02. The van der Waals surface area contributed by atoms with Crippen molar-refractivity contribution in [2.24, 2.45) is 0 Å². The van der Waals surface area contributed by atoms with Gasteiger partial charge in [-0.2, -0.15) is 4.72 Å². The number of nitrogens with one attached hydrogen (secondary N) is 2. The Bertz CT molecular complexity index is 561.